The molecular formula is C19H21F4N3O2. The van der Waals surface area contributed by atoms with Crippen LogP contribution in [0.1, 0.15) is 44.4 Å². The number of benzene rings is 1. The van der Waals surface area contributed by atoms with E-state index in [2.05, 4.69) is 9.97 Å². The number of nitrogens with zero attached hydrogens (tertiary/aromatic N) is 2. The second-order valence-corrected chi connectivity index (χ2v) is 6.73. The second kappa shape index (κ2) is 8.12. The van der Waals surface area contributed by atoms with Gasteiger partial charge in [0.05, 0.1) is 0 Å². The zero-order valence-corrected chi connectivity index (χ0v) is 15.6. The Kier molecular flexibility index (Phi) is 6.26. The van der Waals surface area contributed by atoms with Crippen molar-refractivity contribution in [1.82, 2.24) is 9.97 Å². The maximum Gasteiger partial charge on any atom is 0.433 e. The molecule has 2 aromatic rings. The first-order valence-electron chi connectivity index (χ1n) is 8.62. The lowest BCUT2D eigenvalue weighted by molar-refractivity contribution is -0.141. The Balaban J connectivity index is 2.52. The minimum absolute atomic E-state index is 0.160. The van der Waals surface area contributed by atoms with E-state index in [0.717, 1.165) is 0 Å². The number of halogens is 4. The number of amides is 1. The van der Waals surface area contributed by atoms with Crippen molar-refractivity contribution in [3.05, 3.63) is 53.7 Å². The van der Waals surface area contributed by atoms with Crippen molar-refractivity contribution in [3.8, 4) is 5.88 Å². The van der Waals surface area contributed by atoms with Crippen molar-refractivity contribution < 1.29 is 27.1 Å². The molecule has 0 spiro atoms. The third-order valence-corrected chi connectivity index (χ3v) is 4.77. The van der Waals surface area contributed by atoms with Crippen LogP contribution in [0.5, 0.6) is 5.88 Å². The minimum atomic E-state index is -4.70. The summed E-state index contributed by atoms with van der Waals surface area (Å²) < 4.78 is 57.8. The van der Waals surface area contributed by atoms with Gasteiger partial charge in [0.25, 0.3) is 5.91 Å². The SMILES string of the molecule is CCC(C)C(c1ccc(F)cc1)C(C)(Oc1cc(C(F)(F)F)ncn1)C(N)=O. The van der Waals surface area contributed by atoms with Crippen LogP contribution < -0.4 is 10.5 Å². The molecule has 0 radical (unpaired) electrons. The molecule has 1 aromatic carbocycles. The fourth-order valence-electron chi connectivity index (χ4n) is 3.13. The van der Waals surface area contributed by atoms with E-state index < -0.39 is 41.0 Å². The first-order chi connectivity index (χ1) is 13.0. The van der Waals surface area contributed by atoms with E-state index in [1.807, 2.05) is 13.8 Å². The number of hydrogen-bond acceptors (Lipinski definition) is 4. The molecule has 2 rings (SSSR count). The number of aromatic nitrogens is 2. The molecule has 9 heteroatoms. The zero-order chi connectivity index (χ0) is 21.1. The molecule has 0 aliphatic rings. The molecule has 0 saturated carbocycles. The summed E-state index contributed by atoms with van der Waals surface area (Å²) >= 11 is 0. The summed E-state index contributed by atoms with van der Waals surface area (Å²) in [5, 5.41) is 0. The highest BCUT2D eigenvalue weighted by atomic mass is 19.4. The quantitative estimate of drug-likeness (QED) is 0.712. The number of primary amides is 1. The Labute approximate surface area is 159 Å². The molecule has 0 aliphatic heterocycles. The Morgan fingerprint density at radius 1 is 1.21 bits per heavy atom. The van der Waals surface area contributed by atoms with Crippen molar-refractivity contribution in [2.45, 2.75) is 44.9 Å². The molecule has 3 atom stereocenters. The number of ether oxygens (including phenoxy) is 1. The van der Waals surface area contributed by atoms with Crippen LogP contribution in [-0.4, -0.2) is 21.5 Å². The van der Waals surface area contributed by atoms with Crippen LogP contribution in [0, 0.1) is 11.7 Å². The zero-order valence-electron chi connectivity index (χ0n) is 15.6. The standard InChI is InChI=1S/C19H21F4N3O2/c1-4-11(2)16(12-5-7-13(20)8-6-12)18(3,17(24)27)28-15-9-14(19(21,22)23)25-10-26-15/h5-11,16H,4H2,1-3H3,(H2,24,27). The van der Waals surface area contributed by atoms with Gasteiger partial charge in [0, 0.05) is 12.0 Å². The van der Waals surface area contributed by atoms with Gasteiger partial charge in [-0.3, -0.25) is 4.79 Å². The molecule has 2 N–H and O–H groups in total. The van der Waals surface area contributed by atoms with E-state index in [1.165, 1.54) is 31.2 Å². The lowest BCUT2D eigenvalue weighted by Crippen LogP contribution is -2.53. The maximum atomic E-state index is 13.3. The van der Waals surface area contributed by atoms with E-state index >= 15 is 0 Å². The van der Waals surface area contributed by atoms with Gasteiger partial charge in [0.1, 0.15) is 12.1 Å². The topological polar surface area (TPSA) is 78.1 Å². The van der Waals surface area contributed by atoms with Gasteiger partial charge in [0.15, 0.2) is 11.3 Å². The number of hydrogen-bond donors (Lipinski definition) is 1. The van der Waals surface area contributed by atoms with Crippen molar-refractivity contribution in [1.29, 1.82) is 0 Å². The third-order valence-electron chi connectivity index (χ3n) is 4.77. The van der Waals surface area contributed by atoms with Crippen LogP contribution in [0.3, 0.4) is 0 Å². The molecule has 1 aromatic heterocycles. The molecule has 1 amide bonds. The largest absolute Gasteiger partial charge is 0.460 e. The lowest BCUT2D eigenvalue weighted by Gasteiger charge is -2.38. The van der Waals surface area contributed by atoms with Crippen molar-refractivity contribution in [2.75, 3.05) is 0 Å². The monoisotopic (exact) mass is 399 g/mol. The van der Waals surface area contributed by atoms with Crippen molar-refractivity contribution in [2.24, 2.45) is 11.7 Å². The summed E-state index contributed by atoms with van der Waals surface area (Å²) in [5.74, 6) is -2.58. The number of nitrogens with two attached hydrogens (primary N) is 1. The second-order valence-electron chi connectivity index (χ2n) is 6.73. The summed E-state index contributed by atoms with van der Waals surface area (Å²) in [6, 6.07) is 6.08. The van der Waals surface area contributed by atoms with Gasteiger partial charge in [-0.15, -0.1) is 0 Å². The van der Waals surface area contributed by atoms with Gasteiger partial charge >= 0.3 is 6.18 Å². The predicted octanol–water partition coefficient (Wildman–Crippen LogP) is 4.09. The third kappa shape index (κ3) is 4.58. The highest BCUT2D eigenvalue weighted by molar-refractivity contribution is 5.85. The fourth-order valence-corrected chi connectivity index (χ4v) is 3.13. The highest BCUT2D eigenvalue weighted by Crippen LogP contribution is 2.40. The molecule has 0 saturated heterocycles. The van der Waals surface area contributed by atoms with Crippen molar-refractivity contribution in [3.63, 3.8) is 0 Å². The summed E-state index contributed by atoms with van der Waals surface area (Å²) in [4.78, 5) is 19.2. The Bertz CT molecular complexity index is 827. The molecular weight excluding hydrogens is 378 g/mol. The molecule has 152 valence electrons. The van der Waals surface area contributed by atoms with Crippen LogP contribution in [0.2, 0.25) is 0 Å². The number of rotatable bonds is 7. The minimum Gasteiger partial charge on any atom is -0.460 e. The first kappa shape index (κ1) is 21.6. The van der Waals surface area contributed by atoms with Gasteiger partial charge in [-0.05, 0) is 30.5 Å². The van der Waals surface area contributed by atoms with E-state index in [0.29, 0.717) is 24.4 Å². The predicted molar refractivity (Wildman–Crippen MR) is 93.9 cm³/mol. The van der Waals surface area contributed by atoms with Gasteiger partial charge in [-0.2, -0.15) is 13.2 Å². The molecule has 28 heavy (non-hydrogen) atoms. The smallest absolute Gasteiger partial charge is 0.433 e. The van der Waals surface area contributed by atoms with E-state index in [4.69, 9.17) is 10.5 Å². The molecule has 5 nitrogen and oxygen atoms in total. The summed E-state index contributed by atoms with van der Waals surface area (Å²) in [5.41, 5.74) is 3.24. The fraction of sp³-hybridized carbons (Fsp3) is 0.421. The van der Waals surface area contributed by atoms with Crippen molar-refractivity contribution >= 4 is 5.91 Å². The van der Waals surface area contributed by atoms with E-state index in [9.17, 15) is 22.4 Å². The highest BCUT2D eigenvalue weighted by Gasteiger charge is 2.46. The van der Waals surface area contributed by atoms with Crippen LogP contribution in [0.25, 0.3) is 0 Å². The van der Waals surface area contributed by atoms with E-state index in [1.54, 1.807) is 0 Å². The number of carbonyl (C=O) groups excluding carboxylic acids is 1. The summed E-state index contributed by atoms with van der Waals surface area (Å²) in [6.45, 7) is 5.12. The normalized spacial score (nSPS) is 16.1. The van der Waals surface area contributed by atoms with Crippen LogP contribution in [0.4, 0.5) is 17.6 Å². The van der Waals surface area contributed by atoms with Gasteiger partial charge in [0.2, 0.25) is 5.88 Å². The molecule has 0 bridgehead atoms. The average Bonchev–Trinajstić information content (AvgIpc) is 2.62. The molecule has 1 heterocycles. The van der Waals surface area contributed by atoms with Gasteiger partial charge < -0.3 is 10.5 Å². The van der Waals surface area contributed by atoms with E-state index in [-0.39, 0.29) is 5.92 Å². The Morgan fingerprint density at radius 2 is 1.82 bits per heavy atom. The summed E-state index contributed by atoms with van der Waals surface area (Å²) in [7, 11) is 0. The molecule has 0 aliphatic carbocycles. The lowest BCUT2D eigenvalue weighted by atomic mass is 9.73. The maximum absolute atomic E-state index is 13.3. The Hall–Kier alpha value is -2.71. The first-order valence-corrected chi connectivity index (χ1v) is 8.62. The Morgan fingerprint density at radius 3 is 2.32 bits per heavy atom. The van der Waals surface area contributed by atoms with Gasteiger partial charge in [-0.25, -0.2) is 14.4 Å². The average molecular weight is 399 g/mol. The number of carbonyl (C=O) groups is 1. The molecule has 0 fully saturated rings. The van der Waals surface area contributed by atoms with Gasteiger partial charge in [-0.1, -0.05) is 32.4 Å². The van der Waals surface area contributed by atoms with Crippen LogP contribution >= 0.6 is 0 Å². The number of alkyl halides is 3. The van der Waals surface area contributed by atoms with Crippen LogP contribution in [-0.2, 0) is 11.0 Å². The van der Waals surface area contributed by atoms with Crippen LogP contribution in [0.15, 0.2) is 36.7 Å². The molecule has 3 unspecified atom stereocenters. The summed E-state index contributed by atoms with van der Waals surface area (Å²) in [6.07, 6.45) is -3.38.